The summed E-state index contributed by atoms with van der Waals surface area (Å²) in [6.07, 6.45) is 6.50. The highest BCUT2D eigenvalue weighted by Gasteiger charge is 2.19. The molecule has 2 heterocycles. The summed E-state index contributed by atoms with van der Waals surface area (Å²) in [5, 5.41) is 11.0. The van der Waals surface area contributed by atoms with E-state index in [0.717, 1.165) is 18.3 Å². The standard InChI is InChI=1S/C16H31N7.HI/c1-4-6-9-23-10-7-14(8-11-23)21-16(17-5-2)18-12-15-19-13-20-22(15)3;/h13-14H,4-12H2,1-3H3,(H2,17,18,21);1H. The lowest BCUT2D eigenvalue weighted by Crippen LogP contribution is -2.48. The van der Waals surface area contributed by atoms with Gasteiger partial charge < -0.3 is 15.5 Å². The van der Waals surface area contributed by atoms with Crippen LogP contribution < -0.4 is 10.6 Å². The molecule has 0 bridgehead atoms. The SMILES string of the molecule is CCCCN1CCC(NC(=NCc2ncnn2C)NCC)CC1.I. The Kier molecular flexibility index (Phi) is 10.2. The van der Waals surface area contributed by atoms with Crippen molar-refractivity contribution in [3.05, 3.63) is 12.2 Å². The minimum atomic E-state index is 0. The Morgan fingerprint density at radius 2 is 2.08 bits per heavy atom. The van der Waals surface area contributed by atoms with Crippen LogP contribution >= 0.6 is 24.0 Å². The zero-order chi connectivity index (χ0) is 16.5. The molecule has 8 heteroatoms. The van der Waals surface area contributed by atoms with Crippen molar-refractivity contribution in [3.8, 4) is 0 Å². The molecule has 1 aliphatic rings. The minimum Gasteiger partial charge on any atom is -0.357 e. The van der Waals surface area contributed by atoms with Gasteiger partial charge in [0.15, 0.2) is 5.96 Å². The van der Waals surface area contributed by atoms with Crippen LogP contribution in [0.25, 0.3) is 0 Å². The number of hydrogen-bond acceptors (Lipinski definition) is 4. The van der Waals surface area contributed by atoms with Crippen molar-refractivity contribution in [2.45, 2.75) is 52.1 Å². The molecule has 0 unspecified atom stereocenters. The van der Waals surface area contributed by atoms with Crippen molar-refractivity contribution in [2.24, 2.45) is 12.0 Å². The molecule has 138 valence electrons. The zero-order valence-electron chi connectivity index (χ0n) is 15.2. The third-order valence-corrected chi connectivity index (χ3v) is 4.28. The van der Waals surface area contributed by atoms with Crippen LogP contribution in [0.5, 0.6) is 0 Å². The molecule has 0 aliphatic carbocycles. The molecule has 1 fully saturated rings. The number of unbranched alkanes of at least 4 members (excludes halogenated alkanes) is 1. The van der Waals surface area contributed by atoms with Gasteiger partial charge in [0.1, 0.15) is 18.7 Å². The minimum absolute atomic E-state index is 0. The first-order valence-electron chi connectivity index (χ1n) is 8.83. The van der Waals surface area contributed by atoms with E-state index in [-0.39, 0.29) is 24.0 Å². The van der Waals surface area contributed by atoms with Crippen molar-refractivity contribution in [1.82, 2.24) is 30.3 Å². The molecule has 0 saturated carbocycles. The number of piperidine rings is 1. The van der Waals surface area contributed by atoms with Crippen LogP contribution in [0.15, 0.2) is 11.3 Å². The number of likely N-dealkylation sites (tertiary alicyclic amines) is 1. The number of aromatic nitrogens is 3. The lowest BCUT2D eigenvalue weighted by molar-refractivity contribution is 0.203. The molecule has 0 atom stereocenters. The number of rotatable bonds is 7. The van der Waals surface area contributed by atoms with Crippen LogP contribution in [0.1, 0.15) is 45.4 Å². The lowest BCUT2D eigenvalue weighted by atomic mass is 10.0. The second-order valence-corrected chi connectivity index (χ2v) is 6.11. The fourth-order valence-electron chi connectivity index (χ4n) is 2.81. The number of nitrogens with zero attached hydrogens (tertiary/aromatic N) is 5. The molecular weight excluding hydrogens is 417 g/mol. The van der Waals surface area contributed by atoms with Gasteiger partial charge in [-0.1, -0.05) is 13.3 Å². The van der Waals surface area contributed by atoms with Crippen molar-refractivity contribution in [3.63, 3.8) is 0 Å². The van der Waals surface area contributed by atoms with E-state index in [1.54, 1.807) is 11.0 Å². The van der Waals surface area contributed by atoms with Crippen LogP contribution in [0, 0.1) is 0 Å². The first-order valence-corrected chi connectivity index (χ1v) is 8.83. The van der Waals surface area contributed by atoms with Gasteiger partial charge in [-0.3, -0.25) is 4.68 Å². The Morgan fingerprint density at radius 3 is 2.67 bits per heavy atom. The van der Waals surface area contributed by atoms with Crippen molar-refractivity contribution in [1.29, 1.82) is 0 Å². The second-order valence-electron chi connectivity index (χ2n) is 6.11. The van der Waals surface area contributed by atoms with Gasteiger partial charge in [0, 0.05) is 32.7 Å². The number of hydrogen-bond donors (Lipinski definition) is 2. The van der Waals surface area contributed by atoms with Crippen LogP contribution in [-0.2, 0) is 13.6 Å². The average Bonchev–Trinajstić information content (AvgIpc) is 2.97. The van der Waals surface area contributed by atoms with E-state index in [0.29, 0.717) is 12.6 Å². The molecule has 1 saturated heterocycles. The molecule has 1 aliphatic heterocycles. The van der Waals surface area contributed by atoms with Crippen LogP contribution in [-0.4, -0.2) is 57.8 Å². The summed E-state index contributed by atoms with van der Waals surface area (Å²) in [5.74, 6) is 1.75. The fourth-order valence-corrected chi connectivity index (χ4v) is 2.81. The second kappa shape index (κ2) is 11.6. The molecule has 0 radical (unpaired) electrons. The van der Waals surface area contributed by atoms with E-state index in [2.05, 4.69) is 44.5 Å². The Labute approximate surface area is 162 Å². The van der Waals surface area contributed by atoms with Gasteiger partial charge >= 0.3 is 0 Å². The monoisotopic (exact) mass is 449 g/mol. The Balaban J connectivity index is 0.00000288. The van der Waals surface area contributed by atoms with E-state index in [1.165, 1.54) is 45.3 Å². The Morgan fingerprint density at radius 1 is 1.33 bits per heavy atom. The Hall–Kier alpha value is -0.900. The third kappa shape index (κ3) is 6.92. The van der Waals surface area contributed by atoms with Crippen molar-refractivity contribution in [2.75, 3.05) is 26.2 Å². The number of guanidine groups is 1. The van der Waals surface area contributed by atoms with Crippen molar-refractivity contribution >= 4 is 29.9 Å². The van der Waals surface area contributed by atoms with Crippen LogP contribution in [0.2, 0.25) is 0 Å². The summed E-state index contributed by atoms with van der Waals surface area (Å²) >= 11 is 0. The number of nitrogens with one attached hydrogen (secondary N) is 2. The van der Waals surface area contributed by atoms with Gasteiger partial charge in [0.05, 0.1) is 0 Å². The summed E-state index contributed by atoms with van der Waals surface area (Å²) in [5.41, 5.74) is 0. The van der Waals surface area contributed by atoms with E-state index < -0.39 is 0 Å². The maximum atomic E-state index is 4.64. The van der Waals surface area contributed by atoms with Gasteiger partial charge in [-0.15, -0.1) is 24.0 Å². The summed E-state index contributed by atoms with van der Waals surface area (Å²) in [4.78, 5) is 11.4. The number of aryl methyl sites for hydroxylation is 1. The summed E-state index contributed by atoms with van der Waals surface area (Å²) in [6.45, 7) is 9.35. The van der Waals surface area contributed by atoms with E-state index >= 15 is 0 Å². The molecule has 2 rings (SSSR count). The highest BCUT2D eigenvalue weighted by Crippen LogP contribution is 2.11. The molecule has 1 aromatic rings. The average molecular weight is 449 g/mol. The molecule has 0 aromatic carbocycles. The fraction of sp³-hybridized carbons (Fsp3) is 0.812. The van der Waals surface area contributed by atoms with Gasteiger partial charge in [0.2, 0.25) is 0 Å². The summed E-state index contributed by atoms with van der Waals surface area (Å²) < 4.78 is 1.76. The number of aliphatic imine (C=N–C) groups is 1. The smallest absolute Gasteiger partial charge is 0.191 e. The van der Waals surface area contributed by atoms with Crippen molar-refractivity contribution < 1.29 is 0 Å². The van der Waals surface area contributed by atoms with Gasteiger partial charge in [-0.25, -0.2) is 9.98 Å². The predicted octanol–water partition coefficient (Wildman–Crippen LogP) is 1.75. The number of halogens is 1. The molecule has 7 nitrogen and oxygen atoms in total. The molecule has 24 heavy (non-hydrogen) atoms. The summed E-state index contributed by atoms with van der Waals surface area (Å²) in [7, 11) is 1.89. The maximum Gasteiger partial charge on any atom is 0.191 e. The maximum absolute atomic E-state index is 4.64. The molecule has 0 amide bonds. The molecular formula is C16H32IN7. The van der Waals surface area contributed by atoms with Crippen LogP contribution in [0.3, 0.4) is 0 Å². The lowest BCUT2D eigenvalue weighted by Gasteiger charge is -2.33. The normalized spacial score (nSPS) is 16.7. The Bertz CT molecular complexity index is 481. The first kappa shape index (κ1) is 21.1. The zero-order valence-corrected chi connectivity index (χ0v) is 17.5. The molecule has 2 N–H and O–H groups in total. The van der Waals surface area contributed by atoms with E-state index in [1.807, 2.05) is 7.05 Å². The topological polar surface area (TPSA) is 70.4 Å². The first-order chi connectivity index (χ1) is 11.2. The molecule has 1 aromatic heterocycles. The van der Waals surface area contributed by atoms with Crippen LogP contribution in [0.4, 0.5) is 0 Å². The summed E-state index contributed by atoms with van der Waals surface area (Å²) in [6, 6.07) is 0.505. The van der Waals surface area contributed by atoms with E-state index in [4.69, 9.17) is 0 Å². The van der Waals surface area contributed by atoms with Gasteiger partial charge in [-0.05, 0) is 32.7 Å². The highest BCUT2D eigenvalue weighted by atomic mass is 127. The third-order valence-electron chi connectivity index (χ3n) is 4.28. The van der Waals surface area contributed by atoms with Gasteiger partial charge in [0.25, 0.3) is 0 Å². The molecule has 0 spiro atoms. The quantitative estimate of drug-likeness (QED) is 0.377. The predicted molar refractivity (Wildman–Crippen MR) is 109 cm³/mol. The largest absolute Gasteiger partial charge is 0.357 e. The highest BCUT2D eigenvalue weighted by molar-refractivity contribution is 14.0. The van der Waals surface area contributed by atoms with Gasteiger partial charge in [-0.2, -0.15) is 5.10 Å². The van der Waals surface area contributed by atoms with E-state index in [9.17, 15) is 0 Å².